The first-order valence-electron chi connectivity index (χ1n) is 10.8. The SMILES string of the molecule is OC(O)[C@@H]1C[C@H]2C[C@@H](CN(CCc3ccccc3)Cc3nn[nH]n3)CC[C@H]2CN1. The molecule has 2 aliphatic rings. The van der Waals surface area contributed by atoms with E-state index in [2.05, 4.69) is 61.2 Å². The summed E-state index contributed by atoms with van der Waals surface area (Å²) in [5.74, 6) is 2.59. The number of aromatic amines is 1. The van der Waals surface area contributed by atoms with E-state index in [9.17, 15) is 10.2 Å². The fraction of sp³-hybridized carbons (Fsp3) is 0.667. The van der Waals surface area contributed by atoms with E-state index in [4.69, 9.17) is 0 Å². The monoisotopic (exact) mass is 400 g/mol. The van der Waals surface area contributed by atoms with E-state index in [1.165, 1.54) is 18.4 Å². The van der Waals surface area contributed by atoms with Crippen LogP contribution in [0, 0.1) is 17.8 Å². The minimum absolute atomic E-state index is 0.191. The van der Waals surface area contributed by atoms with Gasteiger partial charge in [0.15, 0.2) is 12.1 Å². The summed E-state index contributed by atoms with van der Waals surface area (Å²) in [4.78, 5) is 2.45. The number of fused-ring (bicyclic) bond motifs is 1. The number of hydrogen-bond acceptors (Lipinski definition) is 7. The van der Waals surface area contributed by atoms with Gasteiger partial charge in [-0.25, -0.2) is 0 Å². The lowest BCUT2D eigenvalue weighted by atomic mass is 9.69. The number of H-pyrrole nitrogens is 1. The van der Waals surface area contributed by atoms with Crippen molar-refractivity contribution >= 4 is 0 Å². The molecular weight excluding hydrogens is 368 g/mol. The Morgan fingerprint density at radius 1 is 1.10 bits per heavy atom. The van der Waals surface area contributed by atoms with Crippen molar-refractivity contribution in [3.63, 3.8) is 0 Å². The van der Waals surface area contributed by atoms with Crippen LogP contribution in [0.5, 0.6) is 0 Å². The molecule has 2 aromatic rings. The van der Waals surface area contributed by atoms with Crippen LogP contribution >= 0.6 is 0 Å². The largest absolute Gasteiger partial charge is 0.367 e. The zero-order valence-electron chi connectivity index (χ0n) is 16.8. The minimum Gasteiger partial charge on any atom is -0.367 e. The maximum Gasteiger partial charge on any atom is 0.188 e. The zero-order valence-corrected chi connectivity index (χ0v) is 16.8. The van der Waals surface area contributed by atoms with Crippen LogP contribution in [0.4, 0.5) is 0 Å². The second-order valence-corrected chi connectivity index (χ2v) is 8.66. The first-order chi connectivity index (χ1) is 14.2. The predicted octanol–water partition coefficient (Wildman–Crippen LogP) is 0.950. The Hall–Kier alpha value is -1.87. The van der Waals surface area contributed by atoms with Gasteiger partial charge in [0, 0.05) is 13.1 Å². The van der Waals surface area contributed by atoms with Gasteiger partial charge in [0.25, 0.3) is 0 Å². The van der Waals surface area contributed by atoms with E-state index in [0.29, 0.717) is 24.3 Å². The highest BCUT2D eigenvalue weighted by atomic mass is 16.5. The molecule has 1 aromatic carbocycles. The van der Waals surface area contributed by atoms with Crippen molar-refractivity contribution in [2.45, 2.75) is 51.0 Å². The molecule has 4 rings (SSSR count). The second-order valence-electron chi connectivity index (χ2n) is 8.66. The Bertz CT molecular complexity index is 726. The van der Waals surface area contributed by atoms with Gasteiger partial charge in [0.1, 0.15) is 0 Å². The summed E-state index contributed by atoms with van der Waals surface area (Å²) in [6.45, 7) is 3.58. The van der Waals surface area contributed by atoms with Crippen LogP contribution in [-0.2, 0) is 13.0 Å². The average molecular weight is 401 g/mol. The molecule has 2 heterocycles. The van der Waals surface area contributed by atoms with Crippen LogP contribution in [-0.4, -0.2) is 67.7 Å². The van der Waals surface area contributed by atoms with Crippen molar-refractivity contribution in [3.8, 4) is 0 Å². The molecule has 0 spiro atoms. The topological polar surface area (TPSA) is 110 Å². The normalized spacial score (nSPS) is 27.3. The van der Waals surface area contributed by atoms with E-state index >= 15 is 0 Å². The lowest BCUT2D eigenvalue weighted by molar-refractivity contribution is -0.0856. The Labute approximate surface area is 171 Å². The summed E-state index contributed by atoms with van der Waals surface area (Å²) in [5, 5.41) is 37.0. The highest BCUT2D eigenvalue weighted by Gasteiger charge is 2.37. The quantitative estimate of drug-likeness (QED) is 0.488. The number of piperidine rings is 1. The number of aromatic nitrogens is 4. The molecule has 4 N–H and O–H groups in total. The van der Waals surface area contributed by atoms with Crippen molar-refractivity contribution in [2.75, 3.05) is 19.6 Å². The van der Waals surface area contributed by atoms with Gasteiger partial charge in [-0.1, -0.05) is 35.5 Å². The molecule has 0 unspecified atom stereocenters. The molecule has 1 aromatic heterocycles. The fourth-order valence-corrected chi connectivity index (χ4v) is 5.07. The Balaban J connectivity index is 1.36. The molecule has 158 valence electrons. The molecule has 0 radical (unpaired) electrons. The van der Waals surface area contributed by atoms with Crippen molar-refractivity contribution in [2.24, 2.45) is 17.8 Å². The van der Waals surface area contributed by atoms with Crippen LogP contribution in [0.3, 0.4) is 0 Å². The maximum atomic E-state index is 9.56. The van der Waals surface area contributed by atoms with Gasteiger partial charge in [-0.3, -0.25) is 4.90 Å². The molecule has 1 aliphatic carbocycles. The van der Waals surface area contributed by atoms with Gasteiger partial charge in [0.05, 0.1) is 12.6 Å². The second kappa shape index (κ2) is 9.75. The molecule has 4 atom stereocenters. The summed E-state index contributed by atoms with van der Waals surface area (Å²) in [7, 11) is 0. The van der Waals surface area contributed by atoms with Gasteiger partial charge in [-0.05, 0) is 62.0 Å². The first kappa shape index (κ1) is 20.4. The van der Waals surface area contributed by atoms with Crippen LogP contribution < -0.4 is 5.32 Å². The number of rotatable bonds is 8. The molecule has 1 saturated carbocycles. The Morgan fingerprint density at radius 2 is 1.97 bits per heavy atom. The minimum atomic E-state index is -1.27. The Morgan fingerprint density at radius 3 is 2.72 bits per heavy atom. The smallest absolute Gasteiger partial charge is 0.188 e. The van der Waals surface area contributed by atoms with E-state index in [0.717, 1.165) is 44.7 Å². The summed E-state index contributed by atoms with van der Waals surface area (Å²) in [6.07, 6.45) is 4.18. The van der Waals surface area contributed by atoms with Crippen LogP contribution in [0.15, 0.2) is 30.3 Å². The third-order valence-electron chi connectivity index (χ3n) is 6.64. The van der Waals surface area contributed by atoms with Gasteiger partial charge >= 0.3 is 0 Å². The number of nitrogens with one attached hydrogen (secondary N) is 2. The van der Waals surface area contributed by atoms with E-state index in [-0.39, 0.29) is 6.04 Å². The molecule has 1 aliphatic heterocycles. The predicted molar refractivity (Wildman–Crippen MR) is 109 cm³/mol. The van der Waals surface area contributed by atoms with Crippen molar-refractivity contribution in [3.05, 3.63) is 41.7 Å². The standard InChI is InChI=1S/C21H32N6O2/c28-21(29)19-11-18-10-16(6-7-17(18)12-22-19)13-27(14-20-23-25-26-24-20)9-8-15-4-2-1-3-5-15/h1-5,16-19,21-22,28-29H,6-14H2,(H,23,24,25,26)/t16-,17-,18+,19-/m0/s1. The molecule has 8 heteroatoms. The highest BCUT2D eigenvalue weighted by molar-refractivity contribution is 5.14. The third kappa shape index (κ3) is 5.60. The highest BCUT2D eigenvalue weighted by Crippen LogP contribution is 2.39. The molecule has 1 saturated heterocycles. The van der Waals surface area contributed by atoms with E-state index in [1.807, 2.05) is 0 Å². The van der Waals surface area contributed by atoms with Gasteiger partial charge in [-0.2, -0.15) is 5.21 Å². The number of aliphatic hydroxyl groups is 2. The number of aliphatic hydroxyl groups excluding tert-OH is 1. The summed E-state index contributed by atoms with van der Waals surface area (Å²) >= 11 is 0. The van der Waals surface area contributed by atoms with Crippen molar-refractivity contribution < 1.29 is 10.2 Å². The molecule has 0 amide bonds. The fourth-order valence-electron chi connectivity index (χ4n) is 5.07. The molecule has 0 bridgehead atoms. The number of hydrogen-bond donors (Lipinski definition) is 4. The Kier molecular flexibility index (Phi) is 6.86. The zero-order chi connectivity index (χ0) is 20.1. The molecule has 29 heavy (non-hydrogen) atoms. The number of benzene rings is 1. The number of tetrazole rings is 1. The maximum absolute atomic E-state index is 9.56. The summed E-state index contributed by atoms with van der Waals surface area (Å²) < 4.78 is 0. The van der Waals surface area contributed by atoms with Gasteiger partial charge in [0.2, 0.25) is 0 Å². The van der Waals surface area contributed by atoms with E-state index in [1.54, 1.807) is 0 Å². The van der Waals surface area contributed by atoms with Gasteiger partial charge in [-0.15, -0.1) is 10.2 Å². The van der Waals surface area contributed by atoms with Crippen molar-refractivity contribution in [1.29, 1.82) is 0 Å². The summed E-state index contributed by atoms with van der Waals surface area (Å²) in [6, 6.07) is 10.4. The van der Waals surface area contributed by atoms with Gasteiger partial charge < -0.3 is 15.5 Å². The number of nitrogens with zero attached hydrogens (tertiary/aromatic N) is 4. The lowest BCUT2D eigenvalue weighted by Gasteiger charge is -2.44. The van der Waals surface area contributed by atoms with Crippen molar-refractivity contribution in [1.82, 2.24) is 30.8 Å². The molecular formula is C21H32N6O2. The summed E-state index contributed by atoms with van der Waals surface area (Å²) in [5.41, 5.74) is 1.34. The van der Waals surface area contributed by atoms with Crippen LogP contribution in [0.2, 0.25) is 0 Å². The van der Waals surface area contributed by atoms with E-state index < -0.39 is 6.29 Å². The first-order valence-corrected chi connectivity index (χ1v) is 10.8. The average Bonchev–Trinajstić information content (AvgIpc) is 3.25. The molecule has 2 fully saturated rings. The molecule has 8 nitrogen and oxygen atoms in total. The lowest BCUT2D eigenvalue weighted by Crippen LogP contribution is -2.51. The van der Waals surface area contributed by atoms with Crippen LogP contribution in [0.1, 0.15) is 37.1 Å². The third-order valence-corrected chi connectivity index (χ3v) is 6.64. The van der Waals surface area contributed by atoms with Crippen LogP contribution in [0.25, 0.3) is 0 Å².